The summed E-state index contributed by atoms with van der Waals surface area (Å²) in [6, 6.07) is 39.3. The summed E-state index contributed by atoms with van der Waals surface area (Å²) < 4.78 is 40.2. The highest BCUT2D eigenvalue weighted by Gasteiger charge is 2.14. The van der Waals surface area contributed by atoms with E-state index >= 15 is 0 Å². The third-order valence-corrected chi connectivity index (χ3v) is 9.06. The van der Waals surface area contributed by atoms with Crippen molar-refractivity contribution in [3.8, 4) is 57.3 Å². The Kier molecular flexibility index (Phi) is 16.5. The summed E-state index contributed by atoms with van der Waals surface area (Å²) in [4.78, 5) is 32.8. The van der Waals surface area contributed by atoms with Gasteiger partial charge in [0.1, 0.15) is 11.5 Å². The summed E-state index contributed by atoms with van der Waals surface area (Å²) in [7, 11) is 6.29. The largest absolute Gasteiger partial charge is 0.497 e. The monoisotopic (exact) mass is 834 g/mol. The van der Waals surface area contributed by atoms with Gasteiger partial charge < -0.3 is 28.4 Å². The fraction of sp³-hybridized carbons (Fsp3) is 0.163. The Labute approximate surface area is 350 Å². The van der Waals surface area contributed by atoms with Crippen LogP contribution in [-0.2, 0) is 9.59 Å². The quantitative estimate of drug-likeness (QED) is 0.108. The third kappa shape index (κ3) is 13.5. The maximum absolute atomic E-state index is 12.1. The lowest BCUT2D eigenvalue weighted by atomic mass is 10.2. The van der Waals surface area contributed by atoms with Crippen LogP contribution in [0.4, 0.5) is 10.3 Å². The number of nitrogens with zero attached hydrogens (tertiary/aromatic N) is 4. The molecule has 0 spiro atoms. The number of aryl methyl sites for hydroxylation is 1. The van der Waals surface area contributed by atoms with Crippen molar-refractivity contribution < 1.29 is 38.0 Å². The van der Waals surface area contributed by atoms with Gasteiger partial charge in [-0.15, -0.1) is 0 Å². The fourth-order valence-corrected chi connectivity index (χ4v) is 6.13. The van der Waals surface area contributed by atoms with E-state index in [4.69, 9.17) is 28.4 Å². The Morgan fingerprint density at radius 3 is 1.29 bits per heavy atom. The van der Waals surface area contributed by atoms with Crippen molar-refractivity contribution in [1.82, 2.24) is 18.7 Å². The van der Waals surface area contributed by atoms with Crippen LogP contribution in [0.15, 0.2) is 127 Å². The number of anilines is 2. The van der Waals surface area contributed by atoms with Gasteiger partial charge in [-0.25, -0.2) is 0 Å². The molecule has 0 bridgehead atoms. The molecule has 0 atom stereocenters. The van der Waals surface area contributed by atoms with Crippen LogP contribution in [0.25, 0.3) is 22.8 Å². The van der Waals surface area contributed by atoms with Crippen molar-refractivity contribution in [2.45, 2.75) is 6.92 Å². The number of ether oxygens (including phenoxy) is 6. The number of carbonyl (C=O) groups is 2. The average Bonchev–Trinajstić information content (AvgIpc) is 3.96. The molecule has 2 N–H and O–H groups in total. The van der Waals surface area contributed by atoms with E-state index in [9.17, 15) is 9.59 Å². The molecule has 0 aliphatic carbocycles. The number of aromatic nitrogens is 4. The molecule has 0 aliphatic heterocycles. The first-order chi connectivity index (χ1) is 28.8. The molecule has 0 radical (unpaired) electrons. The van der Waals surface area contributed by atoms with Gasteiger partial charge >= 0.3 is 0 Å². The van der Waals surface area contributed by atoms with E-state index < -0.39 is 0 Å². The topological polar surface area (TPSA) is 165 Å². The Balaban J connectivity index is 0.000000192. The van der Waals surface area contributed by atoms with E-state index in [1.807, 2.05) is 78.9 Å². The van der Waals surface area contributed by atoms with Gasteiger partial charge in [-0.2, -0.15) is 18.7 Å². The number of rotatable bonds is 14. The van der Waals surface area contributed by atoms with Crippen LogP contribution in [0.2, 0.25) is 0 Å². The number of nitrogens with one attached hydrogen (secondary N) is 2. The first-order valence-corrected chi connectivity index (χ1v) is 19.4. The Morgan fingerprint density at radius 1 is 0.508 bits per heavy atom. The van der Waals surface area contributed by atoms with E-state index in [1.54, 1.807) is 64.8 Å². The molecule has 0 fully saturated rings. The number of hydrogen-bond acceptors (Lipinski definition) is 14. The standard InChI is InChI=1S/2C18H17N3O4S.C7H8/c2*1-23-13-7-5-6-12(10-13)17-20-18(26-21-17)19-16(22)11-25-15-9-4-3-8-14(15)24-2;1-7-5-3-2-4-6-7/h2*3-10H,11H2,1-2H3,(H,19,20,21,22);2-6H,1H3. The zero-order valence-corrected chi connectivity index (χ0v) is 34.5. The minimum atomic E-state index is -0.329. The Bertz CT molecular complexity index is 2240. The number of carbonyl (C=O) groups excluding carboxylic acids is 2. The van der Waals surface area contributed by atoms with Crippen molar-refractivity contribution in [2.75, 3.05) is 52.3 Å². The maximum atomic E-state index is 12.1. The predicted molar refractivity (Wildman–Crippen MR) is 229 cm³/mol. The number of para-hydroxylation sites is 4. The molecule has 2 amide bonds. The maximum Gasteiger partial charge on any atom is 0.264 e. The smallest absolute Gasteiger partial charge is 0.264 e. The molecule has 2 heterocycles. The molecule has 0 saturated heterocycles. The first-order valence-electron chi connectivity index (χ1n) is 17.9. The summed E-state index contributed by atoms with van der Waals surface area (Å²) in [6.07, 6.45) is 0. The normalized spacial score (nSPS) is 10.1. The molecule has 7 aromatic rings. The minimum absolute atomic E-state index is 0.158. The summed E-state index contributed by atoms with van der Waals surface area (Å²) >= 11 is 2.20. The minimum Gasteiger partial charge on any atom is -0.497 e. The molecule has 14 nitrogen and oxygen atoms in total. The van der Waals surface area contributed by atoms with Crippen LogP contribution in [0.5, 0.6) is 34.5 Å². The average molecular weight is 835 g/mol. The molecule has 0 aliphatic rings. The van der Waals surface area contributed by atoms with Crippen LogP contribution < -0.4 is 39.1 Å². The van der Waals surface area contributed by atoms with Crippen LogP contribution in [0, 0.1) is 6.92 Å². The van der Waals surface area contributed by atoms with Gasteiger partial charge in [0.25, 0.3) is 11.8 Å². The van der Waals surface area contributed by atoms with Gasteiger partial charge in [-0.3, -0.25) is 20.2 Å². The van der Waals surface area contributed by atoms with Crippen LogP contribution in [0.1, 0.15) is 5.56 Å². The second-order valence-corrected chi connectivity index (χ2v) is 13.4. The van der Waals surface area contributed by atoms with E-state index in [2.05, 4.69) is 48.4 Å². The van der Waals surface area contributed by atoms with Crippen LogP contribution in [0.3, 0.4) is 0 Å². The lowest BCUT2D eigenvalue weighted by Gasteiger charge is -2.09. The van der Waals surface area contributed by atoms with Gasteiger partial charge in [-0.05, 0) is 55.5 Å². The van der Waals surface area contributed by atoms with E-state index in [0.717, 1.165) is 34.2 Å². The van der Waals surface area contributed by atoms with Gasteiger partial charge in [0.2, 0.25) is 10.3 Å². The molecular weight excluding hydrogens is 793 g/mol. The van der Waals surface area contributed by atoms with Crippen molar-refractivity contribution in [3.63, 3.8) is 0 Å². The lowest BCUT2D eigenvalue weighted by molar-refractivity contribution is -0.118. The van der Waals surface area contributed by atoms with Crippen molar-refractivity contribution in [1.29, 1.82) is 0 Å². The molecular formula is C43H42N6O8S2. The van der Waals surface area contributed by atoms with Gasteiger partial charge in [-0.1, -0.05) is 84.4 Å². The van der Waals surface area contributed by atoms with E-state index in [-0.39, 0.29) is 25.0 Å². The summed E-state index contributed by atoms with van der Waals surface area (Å²) in [6.45, 7) is 1.77. The number of hydrogen-bond donors (Lipinski definition) is 2. The highest BCUT2D eigenvalue weighted by molar-refractivity contribution is 7.10. The second-order valence-electron chi connectivity index (χ2n) is 11.9. The molecule has 59 heavy (non-hydrogen) atoms. The molecule has 5 aromatic carbocycles. The molecule has 0 saturated carbocycles. The molecule has 16 heteroatoms. The third-order valence-electron chi connectivity index (χ3n) is 7.80. The molecule has 7 rings (SSSR count). The van der Waals surface area contributed by atoms with Gasteiger partial charge in [0.15, 0.2) is 47.9 Å². The molecule has 0 unspecified atom stereocenters. The van der Waals surface area contributed by atoms with E-state index in [1.165, 1.54) is 5.56 Å². The summed E-state index contributed by atoms with van der Waals surface area (Å²) in [5.41, 5.74) is 2.94. The zero-order valence-electron chi connectivity index (χ0n) is 32.9. The predicted octanol–water partition coefficient (Wildman–Crippen LogP) is 8.47. The van der Waals surface area contributed by atoms with E-state index in [0.29, 0.717) is 56.4 Å². The van der Waals surface area contributed by atoms with Crippen molar-refractivity contribution >= 4 is 45.1 Å². The fourth-order valence-electron chi connectivity index (χ4n) is 4.92. The first kappa shape index (κ1) is 43.1. The van der Waals surface area contributed by atoms with Gasteiger partial charge in [0, 0.05) is 34.2 Å². The lowest BCUT2D eigenvalue weighted by Crippen LogP contribution is -2.20. The Morgan fingerprint density at radius 2 is 0.915 bits per heavy atom. The number of methoxy groups -OCH3 is 4. The Hall–Kier alpha value is -7.04. The second kappa shape index (κ2) is 22.6. The number of benzene rings is 5. The van der Waals surface area contributed by atoms with Crippen molar-refractivity contribution in [2.24, 2.45) is 0 Å². The number of amides is 2. The highest BCUT2D eigenvalue weighted by atomic mass is 32.1. The van der Waals surface area contributed by atoms with Crippen LogP contribution in [-0.4, -0.2) is 72.2 Å². The highest BCUT2D eigenvalue weighted by Crippen LogP contribution is 2.28. The van der Waals surface area contributed by atoms with Crippen molar-refractivity contribution in [3.05, 3.63) is 133 Å². The SMILES string of the molecule is COc1cccc(-c2nsc(NC(=O)COc3ccccc3OC)n2)c1.COc1cccc(-c2nsc(NC(=O)COc3ccccc3OC)n2)c1.Cc1ccccc1. The molecule has 304 valence electrons. The van der Waals surface area contributed by atoms with Crippen LogP contribution >= 0.6 is 23.1 Å². The summed E-state index contributed by atoms with van der Waals surface area (Å²) in [5, 5.41) is 6.15. The zero-order chi connectivity index (χ0) is 41.8. The van der Waals surface area contributed by atoms with Gasteiger partial charge in [0.05, 0.1) is 28.4 Å². The summed E-state index contributed by atoms with van der Waals surface area (Å²) in [5.74, 6) is 3.95. The molecule has 2 aromatic heterocycles.